The van der Waals surface area contributed by atoms with Crippen molar-refractivity contribution in [3.63, 3.8) is 0 Å². The lowest BCUT2D eigenvalue weighted by Crippen LogP contribution is -2.18. The first-order valence-corrected chi connectivity index (χ1v) is 9.00. The van der Waals surface area contributed by atoms with Gasteiger partial charge in [-0.05, 0) is 30.7 Å². The number of ether oxygens (including phenoxy) is 1. The van der Waals surface area contributed by atoms with Gasteiger partial charge in [-0.2, -0.15) is 0 Å². The third kappa shape index (κ3) is 4.75. The maximum absolute atomic E-state index is 14.1. The van der Waals surface area contributed by atoms with Crippen molar-refractivity contribution in [2.45, 2.75) is 19.7 Å². The van der Waals surface area contributed by atoms with E-state index in [1.165, 1.54) is 18.2 Å². The molecule has 4 nitrogen and oxygen atoms in total. The molecule has 1 N–H and O–H groups in total. The van der Waals surface area contributed by atoms with Crippen LogP contribution >= 0.6 is 11.3 Å². The smallest absolute Gasteiger partial charge is 0.406 e. The summed E-state index contributed by atoms with van der Waals surface area (Å²) in [5.41, 5.74) is 0.0853. The fourth-order valence-corrected chi connectivity index (χ4v) is 3.28. The summed E-state index contributed by atoms with van der Waals surface area (Å²) in [6.07, 6.45) is -4.15. The van der Waals surface area contributed by atoms with Crippen molar-refractivity contribution < 1.29 is 26.7 Å². The van der Waals surface area contributed by atoms with E-state index in [2.05, 4.69) is 20.0 Å². The van der Waals surface area contributed by atoms with E-state index in [4.69, 9.17) is 0 Å². The normalized spacial score (nSPS) is 12.4. The van der Waals surface area contributed by atoms with Gasteiger partial charge in [0.05, 0.1) is 15.8 Å². The van der Waals surface area contributed by atoms with Crippen LogP contribution in [0.3, 0.4) is 0 Å². The Labute approximate surface area is 160 Å². The molecular weight excluding hydrogens is 401 g/mol. The van der Waals surface area contributed by atoms with E-state index in [0.29, 0.717) is 23.2 Å². The summed E-state index contributed by atoms with van der Waals surface area (Å²) in [6, 6.07) is 7.16. The Morgan fingerprint density at radius 2 is 1.89 bits per heavy atom. The molecule has 0 atom stereocenters. The van der Waals surface area contributed by atoms with E-state index in [1.54, 1.807) is 0 Å². The van der Waals surface area contributed by atoms with Gasteiger partial charge in [-0.1, -0.05) is 24.3 Å². The molecular formula is C18H14F5N3OS. The maximum Gasteiger partial charge on any atom is 0.573 e. The Hall–Kier alpha value is -2.75. The summed E-state index contributed by atoms with van der Waals surface area (Å²) in [7, 11) is 0. The minimum Gasteiger partial charge on any atom is -0.406 e. The van der Waals surface area contributed by atoms with Crippen molar-refractivity contribution >= 4 is 32.5 Å². The molecule has 0 aliphatic heterocycles. The van der Waals surface area contributed by atoms with Crippen molar-refractivity contribution in [3.8, 4) is 5.75 Å². The lowest BCUT2D eigenvalue weighted by Gasteiger charge is -2.10. The highest BCUT2D eigenvalue weighted by Gasteiger charge is 2.31. The predicted molar refractivity (Wildman–Crippen MR) is 98.0 cm³/mol. The van der Waals surface area contributed by atoms with E-state index in [-0.39, 0.29) is 22.3 Å². The topological polar surface area (TPSA) is 46.5 Å². The molecule has 3 rings (SSSR count). The molecule has 1 heterocycles. The van der Waals surface area contributed by atoms with Gasteiger partial charge >= 0.3 is 6.36 Å². The molecule has 0 bridgehead atoms. The number of amidine groups is 1. The number of aliphatic imine (C=N–C) groups is 1. The highest BCUT2D eigenvalue weighted by atomic mass is 32.1. The summed E-state index contributed by atoms with van der Waals surface area (Å²) in [5, 5.41) is 3.02. The van der Waals surface area contributed by atoms with Crippen LogP contribution in [0.15, 0.2) is 41.4 Å². The molecule has 3 aromatic rings. The number of halogens is 5. The summed E-state index contributed by atoms with van der Waals surface area (Å²) in [5.74, 6) is -1.99. The van der Waals surface area contributed by atoms with Gasteiger partial charge in [0.1, 0.15) is 23.2 Å². The number of anilines is 1. The number of rotatable bonds is 5. The standard InChI is InChI=1S/C18H14F5N3OS/c1-2-8-24-16(15-11(19)4-3-5-12(15)20)26-17-25-13-7-6-10(9-14(13)28-17)27-18(21,22)23/h3-7,9H,2,8H2,1H3,(H,24,25,26). The first kappa shape index (κ1) is 20.0. The third-order valence-corrected chi connectivity index (χ3v) is 4.45. The van der Waals surface area contributed by atoms with E-state index in [0.717, 1.165) is 29.5 Å². The number of hydrogen-bond donors (Lipinski definition) is 1. The number of nitrogens with one attached hydrogen (secondary N) is 1. The van der Waals surface area contributed by atoms with Crippen molar-refractivity contribution in [2.24, 2.45) is 4.99 Å². The molecule has 0 unspecified atom stereocenters. The Morgan fingerprint density at radius 3 is 2.54 bits per heavy atom. The molecule has 0 saturated carbocycles. The van der Waals surface area contributed by atoms with Crippen LogP contribution in [-0.2, 0) is 0 Å². The van der Waals surface area contributed by atoms with Gasteiger partial charge in [-0.15, -0.1) is 13.2 Å². The number of thiazole rings is 1. The quantitative estimate of drug-likeness (QED) is 0.328. The molecule has 2 aromatic carbocycles. The van der Waals surface area contributed by atoms with E-state index in [1.807, 2.05) is 6.92 Å². The summed E-state index contributed by atoms with van der Waals surface area (Å²) >= 11 is 1.01. The minimum atomic E-state index is -4.80. The minimum absolute atomic E-state index is 0.0386. The zero-order valence-corrected chi connectivity index (χ0v) is 15.3. The van der Waals surface area contributed by atoms with Gasteiger partial charge in [-0.25, -0.2) is 13.8 Å². The van der Waals surface area contributed by atoms with Gasteiger partial charge < -0.3 is 10.1 Å². The van der Waals surface area contributed by atoms with E-state index in [9.17, 15) is 22.0 Å². The average molecular weight is 415 g/mol. The Kier molecular flexibility index (Phi) is 5.78. The second-order valence-corrected chi connectivity index (χ2v) is 6.68. The summed E-state index contributed by atoms with van der Waals surface area (Å²) in [6.45, 7) is 2.18. The van der Waals surface area contributed by atoms with E-state index >= 15 is 0 Å². The first-order valence-electron chi connectivity index (χ1n) is 8.19. The molecule has 0 fully saturated rings. The first-order chi connectivity index (χ1) is 13.3. The van der Waals surface area contributed by atoms with Crippen LogP contribution in [0.5, 0.6) is 5.75 Å². The highest BCUT2D eigenvalue weighted by molar-refractivity contribution is 7.22. The fourth-order valence-electron chi connectivity index (χ4n) is 2.39. The number of fused-ring (bicyclic) bond motifs is 1. The SMILES string of the molecule is CCCN=C(Nc1nc2ccc(OC(F)(F)F)cc2s1)c1c(F)cccc1F. The third-order valence-electron chi connectivity index (χ3n) is 3.51. The zero-order chi connectivity index (χ0) is 20.3. The number of nitrogens with zero attached hydrogens (tertiary/aromatic N) is 2. The van der Waals surface area contributed by atoms with Gasteiger partial charge in [0.25, 0.3) is 0 Å². The Morgan fingerprint density at radius 1 is 1.18 bits per heavy atom. The Balaban J connectivity index is 1.94. The van der Waals surface area contributed by atoms with Crippen molar-refractivity contribution in [3.05, 3.63) is 53.6 Å². The molecule has 28 heavy (non-hydrogen) atoms. The van der Waals surface area contributed by atoms with Crippen LogP contribution in [0, 0.1) is 11.6 Å². The predicted octanol–water partition coefficient (Wildman–Crippen LogP) is 5.74. The molecule has 0 aliphatic carbocycles. The number of aromatic nitrogens is 1. The summed E-state index contributed by atoms with van der Waals surface area (Å²) in [4.78, 5) is 8.41. The molecule has 1 aromatic heterocycles. The molecule has 0 radical (unpaired) electrons. The van der Waals surface area contributed by atoms with Gasteiger partial charge in [-0.3, -0.25) is 4.99 Å². The molecule has 10 heteroatoms. The van der Waals surface area contributed by atoms with Gasteiger partial charge in [0.2, 0.25) is 0 Å². The van der Waals surface area contributed by atoms with Crippen LogP contribution in [0.2, 0.25) is 0 Å². The van der Waals surface area contributed by atoms with Gasteiger partial charge in [0, 0.05) is 12.6 Å². The van der Waals surface area contributed by atoms with Crippen LogP contribution in [0.25, 0.3) is 10.2 Å². The largest absolute Gasteiger partial charge is 0.573 e. The van der Waals surface area contributed by atoms with Gasteiger partial charge in [0.15, 0.2) is 5.13 Å². The van der Waals surface area contributed by atoms with Crippen LogP contribution in [0.1, 0.15) is 18.9 Å². The van der Waals surface area contributed by atoms with Crippen LogP contribution < -0.4 is 10.1 Å². The molecule has 148 valence electrons. The molecule has 0 amide bonds. The second-order valence-electron chi connectivity index (χ2n) is 5.65. The molecule has 0 spiro atoms. The number of hydrogen-bond acceptors (Lipinski definition) is 4. The van der Waals surface area contributed by atoms with Crippen LogP contribution in [-0.4, -0.2) is 23.7 Å². The average Bonchev–Trinajstić information content (AvgIpc) is 2.99. The van der Waals surface area contributed by atoms with E-state index < -0.39 is 18.0 Å². The summed E-state index contributed by atoms with van der Waals surface area (Å²) < 4.78 is 69.7. The zero-order valence-electron chi connectivity index (χ0n) is 14.5. The second kappa shape index (κ2) is 8.09. The lowest BCUT2D eigenvalue weighted by molar-refractivity contribution is -0.274. The number of benzene rings is 2. The van der Waals surface area contributed by atoms with Crippen molar-refractivity contribution in [1.82, 2.24) is 4.98 Å². The number of alkyl halides is 3. The van der Waals surface area contributed by atoms with Crippen molar-refractivity contribution in [2.75, 3.05) is 11.9 Å². The molecule has 0 saturated heterocycles. The lowest BCUT2D eigenvalue weighted by atomic mass is 10.1. The maximum atomic E-state index is 14.1. The highest BCUT2D eigenvalue weighted by Crippen LogP contribution is 2.32. The fraction of sp³-hybridized carbons (Fsp3) is 0.222. The van der Waals surface area contributed by atoms with Crippen molar-refractivity contribution in [1.29, 1.82) is 0 Å². The van der Waals surface area contributed by atoms with Crippen LogP contribution in [0.4, 0.5) is 27.1 Å². The monoisotopic (exact) mass is 415 g/mol. The Bertz CT molecular complexity index is 996. The molecule has 0 aliphatic rings.